The van der Waals surface area contributed by atoms with Crippen molar-refractivity contribution < 1.29 is 13.9 Å². The molecule has 0 unspecified atom stereocenters. The van der Waals surface area contributed by atoms with Crippen LogP contribution in [-0.4, -0.2) is 28.7 Å². The van der Waals surface area contributed by atoms with E-state index in [9.17, 15) is 4.79 Å². The lowest BCUT2D eigenvalue weighted by Gasteiger charge is -2.13. The number of aromatic amines is 1. The third-order valence-corrected chi connectivity index (χ3v) is 5.69. The number of hydrogen-bond acceptors (Lipinski definition) is 6. The molecule has 1 N–H and O–H groups in total. The van der Waals surface area contributed by atoms with E-state index in [-0.39, 0.29) is 5.43 Å². The number of ether oxygens (including phenoxy) is 2. The zero-order valence-electron chi connectivity index (χ0n) is 18.9. The average molecular weight is 453 g/mol. The molecule has 5 aromatic rings. The van der Waals surface area contributed by atoms with E-state index in [4.69, 9.17) is 13.9 Å². The Balaban J connectivity index is 1.47. The van der Waals surface area contributed by atoms with E-state index in [2.05, 4.69) is 15.0 Å². The summed E-state index contributed by atoms with van der Waals surface area (Å²) in [7, 11) is 1.58. The summed E-state index contributed by atoms with van der Waals surface area (Å²) in [6.07, 6.45) is 5.43. The predicted octanol–water partition coefficient (Wildman–Crippen LogP) is 5.18. The van der Waals surface area contributed by atoms with Crippen molar-refractivity contribution in [3.8, 4) is 34.1 Å². The number of H-pyrrole nitrogens is 1. The van der Waals surface area contributed by atoms with Gasteiger partial charge in [0.2, 0.25) is 0 Å². The molecule has 0 fully saturated rings. The van der Waals surface area contributed by atoms with Gasteiger partial charge in [-0.2, -0.15) is 0 Å². The van der Waals surface area contributed by atoms with Gasteiger partial charge in [0.25, 0.3) is 0 Å². The quantitative estimate of drug-likeness (QED) is 0.365. The molecule has 0 radical (unpaired) electrons. The minimum absolute atomic E-state index is 0.106. The second kappa shape index (κ2) is 9.23. The highest BCUT2D eigenvalue weighted by molar-refractivity contribution is 5.88. The molecular formula is C27H23N3O4. The zero-order chi connectivity index (χ0) is 23.5. The van der Waals surface area contributed by atoms with Crippen LogP contribution in [0.15, 0.2) is 82.6 Å². The van der Waals surface area contributed by atoms with Crippen molar-refractivity contribution >= 4 is 10.9 Å². The second-order valence-corrected chi connectivity index (χ2v) is 7.91. The zero-order valence-corrected chi connectivity index (χ0v) is 18.9. The SMILES string of the molecule is COc1cc2[nH]c(-c3ccc(C)c(OCCc4ccccn4)c3)cc(=O)c2cc1-c1cnco1. The fourth-order valence-corrected chi connectivity index (χ4v) is 3.88. The average Bonchev–Trinajstić information content (AvgIpc) is 3.40. The van der Waals surface area contributed by atoms with Crippen LogP contribution in [0.1, 0.15) is 11.3 Å². The molecule has 7 nitrogen and oxygen atoms in total. The maximum atomic E-state index is 13.0. The standard InChI is InChI=1S/C27H23N3O4/c1-17-6-7-18(11-25(17)33-10-8-19-5-3-4-9-29-19)22-13-24(31)20-12-21(27-15-28-16-34-27)26(32-2)14-23(20)30-22/h3-7,9,11-16H,8,10H2,1-2H3,(H,30,31). The van der Waals surface area contributed by atoms with Crippen molar-refractivity contribution in [1.29, 1.82) is 0 Å². The number of nitrogens with zero attached hydrogens (tertiary/aromatic N) is 2. The Morgan fingerprint density at radius 3 is 2.74 bits per heavy atom. The van der Waals surface area contributed by atoms with Crippen LogP contribution in [0.3, 0.4) is 0 Å². The van der Waals surface area contributed by atoms with Crippen LogP contribution in [0, 0.1) is 6.92 Å². The minimum Gasteiger partial charge on any atom is -0.496 e. The number of fused-ring (bicyclic) bond motifs is 1. The van der Waals surface area contributed by atoms with Crippen molar-refractivity contribution in [3.63, 3.8) is 0 Å². The van der Waals surface area contributed by atoms with Gasteiger partial charge in [-0.1, -0.05) is 18.2 Å². The van der Waals surface area contributed by atoms with Gasteiger partial charge in [-0.15, -0.1) is 0 Å². The second-order valence-electron chi connectivity index (χ2n) is 7.91. The van der Waals surface area contributed by atoms with Gasteiger partial charge in [0.1, 0.15) is 11.5 Å². The Morgan fingerprint density at radius 1 is 1.06 bits per heavy atom. The Morgan fingerprint density at radius 2 is 1.97 bits per heavy atom. The van der Waals surface area contributed by atoms with Crippen molar-refractivity contribution in [2.24, 2.45) is 0 Å². The van der Waals surface area contributed by atoms with Crippen LogP contribution in [0.5, 0.6) is 11.5 Å². The van der Waals surface area contributed by atoms with Crippen molar-refractivity contribution in [1.82, 2.24) is 15.0 Å². The van der Waals surface area contributed by atoms with Gasteiger partial charge in [0.15, 0.2) is 17.6 Å². The predicted molar refractivity (Wildman–Crippen MR) is 130 cm³/mol. The highest BCUT2D eigenvalue weighted by Crippen LogP contribution is 2.33. The highest BCUT2D eigenvalue weighted by atomic mass is 16.5. The first kappa shape index (κ1) is 21.5. The molecule has 170 valence electrons. The molecular weight excluding hydrogens is 430 g/mol. The molecule has 0 aliphatic heterocycles. The monoisotopic (exact) mass is 453 g/mol. The number of oxazole rings is 1. The molecule has 2 aromatic carbocycles. The molecule has 0 aliphatic carbocycles. The van der Waals surface area contributed by atoms with Crippen LogP contribution in [0.25, 0.3) is 33.5 Å². The number of aryl methyl sites for hydroxylation is 1. The molecule has 0 aliphatic rings. The van der Waals surface area contributed by atoms with Gasteiger partial charge in [-0.05, 0) is 36.8 Å². The van der Waals surface area contributed by atoms with E-state index in [0.717, 1.165) is 22.6 Å². The molecule has 0 atom stereocenters. The van der Waals surface area contributed by atoms with Crippen molar-refractivity contribution in [2.75, 3.05) is 13.7 Å². The fraction of sp³-hybridized carbons (Fsp3) is 0.148. The molecule has 0 bridgehead atoms. The summed E-state index contributed by atoms with van der Waals surface area (Å²) in [6, 6.07) is 16.9. The Bertz CT molecular complexity index is 1490. The number of methoxy groups -OCH3 is 1. The molecule has 0 spiro atoms. The highest BCUT2D eigenvalue weighted by Gasteiger charge is 2.14. The van der Waals surface area contributed by atoms with E-state index in [0.29, 0.717) is 46.7 Å². The van der Waals surface area contributed by atoms with Crippen LogP contribution in [0.4, 0.5) is 0 Å². The summed E-state index contributed by atoms with van der Waals surface area (Å²) in [5.74, 6) is 1.89. The number of aromatic nitrogens is 3. The van der Waals surface area contributed by atoms with Crippen molar-refractivity contribution in [2.45, 2.75) is 13.3 Å². The van der Waals surface area contributed by atoms with E-state index in [1.165, 1.54) is 6.39 Å². The molecule has 3 heterocycles. The third kappa shape index (κ3) is 4.28. The first-order chi connectivity index (χ1) is 16.6. The summed E-state index contributed by atoms with van der Waals surface area (Å²) >= 11 is 0. The van der Waals surface area contributed by atoms with E-state index in [1.54, 1.807) is 37.7 Å². The Hall–Kier alpha value is -4.39. The lowest BCUT2D eigenvalue weighted by Crippen LogP contribution is -2.05. The van der Waals surface area contributed by atoms with Crippen molar-refractivity contribution in [3.05, 3.63) is 94.9 Å². The lowest BCUT2D eigenvalue weighted by atomic mass is 10.0. The number of pyridine rings is 2. The lowest BCUT2D eigenvalue weighted by molar-refractivity contribution is 0.318. The van der Waals surface area contributed by atoms with Gasteiger partial charge in [0, 0.05) is 47.1 Å². The van der Waals surface area contributed by atoms with Crippen LogP contribution >= 0.6 is 0 Å². The normalized spacial score (nSPS) is 11.0. The third-order valence-electron chi connectivity index (χ3n) is 5.69. The number of rotatable bonds is 7. The first-order valence-corrected chi connectivity index (χ1v) is 10.9. The summed E-state index contributed by atoms with van der Waals surface area (Å²) in [6.45, 7) is 2.51. The molecule has 0 amide bonds. The topological polar surface area (TPSA) is 90.2 Å². The van der Waals surface area contributed by atoms with E-state index in [1.807, 2.05) is 43.3 Å². The minimum atomic E-state index is -0.106. The number of hydrogen-bond donors (Lipinski definition) is 1. The largest absolute Gasteiger partial charge is 0.496 e. The maximum absolute atomic E-state index is 13.0. The smallest absolute Gasteiger partial charge is 0.190 e. The molecule has 5 rings (SSSR count). The van der Waals surface area contributed by atoms with E-state index < -0.39 is 0 Å². The van der Waals surface area contributed by atoms with E-state index >= 15 is 0 Å². The van der Waals surface area contributed by atoms with Gasteiger partial charge >= 0.3 is 0 Å². The summed E-state index contributed by atoms with van der Waals surface area (Å²) in [5, 5.41) is 0.537. The van der Waals surface area contributed by atoms with Gasteiger partial charge in [-0.3, -0.25) is 9.78 Å². The molecule has 3 aromatic heterocycles. The molecule has 7 heteroatoms. The Kier molecular flexibility index (Phi) is 5.82. The van der Waals surface area contributed by atoms with Crippen LogP contribution in [0.2, 0.25) is 0 Å². The maximum Gasteiger partial charge on any atom is 0.190 e. The summed E-state index contributed by atoms with van der Waals surface area (Å²) in [5.41, 5.74) is 4.79. The fourth-order valence-electron chi connectivity index (χ4n) is 3.88. The first-order valence-electron chi connectivity index (χ1n) is 10.9. The van der Waals surface area contributed by atoms with Gasteiger partial charge in [0.05, 0.1) is 31.0 Å². The number of nitrogens with one attached hydrogen (secondary N) is 1. The summed E-state index contributed by atoms with van der Waals surface area (Å²) < 4.78 is 17.0. The molecule has 0 saturated heterocycles. The van der Waals surface area contributed by atoms with Crippen LogP contribution < -0.4 is 14.9 Å². The van der Waals surface area contributed by atoms with Crippen LogP contribution in [-0.2, 0) is 6.42 Å². The Labute approximate surface area is 196 Å². The molecule has 34 heavy (non-hydrogen) atoms. The number of benzene rings is 2. The van der Waals surface area contributed by atoms with Gasteiger partial charge < -0.3 is 18.9 Å². The van der Waals surface area contributed by atoms with Gasteiger partial charge in [-0.25, -0.2) is 4.98 Å². The molecule has 0 saturated carbocycles. The summed E-state index contributed by atoms with van der Waals surface area (Å²) in [4.78, 5) is 24.7.